The molecule has 8 nitrogen and oxygen atoms in total. The van der Waals surface area contributed by atoms with E-state index in [0.717, 1.165) is 53.9 Å². The second-order valence-electron chi connectivity index (χ2n) is 6.96. The van der Waals surface area contributed by atoms with E-state index in [2.05, 4.69) is 43.7 Å². The minimum atomic E-state index is -1.09. The third-order valence-electron chi connectivity index (χ3n) is 4.84. The van der Waals surface area contributed by atoms with E-state index in [1.54, 1.807) is 24.2 Å². The van der Waals surface area contributed by atoms with Crippen LogP contribution in [0.5, 0.6) is 0 Å². The first kappa shape index (κ1) is 18.7. The average Bonchev–Trinajstić information content (AvgIpc) is 2.67. The number of hydrogen-bond acceptors (Lipinski definition) is 7. The van der Waals surface area contributed by atoms with Gasteiger partial charge in [0.25, 0.3) is 0 Å². The number of likely N-dealkylation sites (tertiary alicyclic amines) is 1. The van der Waals surface area contributed by atoms with Gasteiger partial charge in [-0.1, -0.05) is 17.8 Å². The largest absolute Gasteiger partial charge is 0.481 e. The number of carboxylic acids is 1. The first-order chi connectivity index (χ1) is 13.6. The summed E-state index contributed by atoms with van der Waals surface area (Å²) in [5.74, 6) is -0.717. The summed E-state index contributed by atoms with van der Waals surface area (Å²) >= 11 is 1.62. The monoisotopic (exact) mass is 399 g/mol. The van der Waals surface area contributed by atoms with Crippen molar-refractivity contribution in [1.29, 1.82) is 0 Å². The molecule has 0 saturated carbocycles. The number of aromatic nitrogens is 2. The fourth-order valence-electron chi connectivity index (χ4n) is 3.49. The Labute approximate surface area is 166 Å². The number of benzene rings is 1. The van der Waals surface area contributed by atoms with Crippen molar-refractivity contribution in [3.63, 3.8) is 0 Å². The molecule has 0 radical (unpaired) electrons. The molecule has 2 aromatic rings. The maximum Gasteiger partial charge on any atom is 0.312 e. The molecule has 1 aromatic heterocycles. The van der Waals surface area contributed by atoms with Crippen LogP contribution in [0, 0.1) is 0 Å². The molecule has 3 heterocycles. The molecule has 9 heteroatoms. The number of fused-ring (bicyclic) bond motifs is 2. The zero-order valence-corrected chi connectivity index (χ0v) is 16.0. The van der Waals surface area contributed by atoms with Gasteiger partial charge in [-0.25, -0.2) is 9.97 Å². The van der Waals surface area contributed by atoms with Crippen molar-refractivity contribution in [3.05, 3.63) is 36.2 Å². The molecule has 0 bridgehead atoms. The number of aliphatic carboxylic acids is 1. The van der Waals surface area contributed by atoms with Gasteiger partial charge in [-0.15, -0.1) is 0 Å². The molecule has 1 amide bonds. The summed E-state index contributed by atoms with van der Waals surface area (Å²) in [5, 5.41) is 15.7. The number of hydrogen-bond donors (Lipinski definition) is 3. The minimum absolute atomic E-state index is 0.0553. The van der Waals surface area contributed by atoms with Gasteiger partial charge in [0, 0.05) is 43.0 Å². The van der Waals surface area contributed by atoms with Crippen LogP contribution in [0.1, 0.15) is 24.8 Å². The molecular weight excluding hydrogens is 378 g/mol. The second-order valence-corrected chi connectivity index (χ2v) is 7.99. The van der Waals surface area contributed by atoms with Gasteiger partial charge in [0.15, 0.2) is 5.82 Å². The Bertz CT molecular complexity index is 899. The fourth-order valence-corrected chi connectivity index (χ4v) is 4.37. The summed E-state index contributed by atoms with van der Waals surface area (Å²) in [6, 6.07) is 6.45. The van der Waals surface area contributed by atoms with E-state index in [1.165, 1.54) is 5.56 Å². The summed E-state index contributed by atoms with van der Waals surface area (Å²) < 4.78 is 0. The van der Waals surface area contributed by atoms with Crippen LogP contribution in [0.25, 0.3) is 0 Å². The summed E-state index contributed by atoms with van der Waals surface area (Å²) in [7, 11) is 0. The molecule has 28 heavy (non-hydrogen) atoms. The van der Waals surface area contributed by atoms with Gasteiger partial charge in [-0.2, -0.15) is 0 Å². The Morgan fingerprint density at radius 3 is 2.82 bits per heavy atom. The topological polar surface area (TPSA) is 107 Å². The Morgan fingerprint density at radius 1 is 1.25 bits per heavy atom. The molecule has 2 aliphatic heterocycles. The molecule has 1 fully saturated rings. The van der Waals surface area contributed by atoms with Crippen LogP contribution in [-0.4, -0.2) is 51.0 Å². The lowest BCUT2D eigenvalue weighted by Crippen LogP contribution is -2.44. The third kappa shape index (κ3) is 4.42. The minimum Gasteiger partial charge on any atom is -0.481 e. The molecule has 0 aliphatic carbocycles. The van der Waals surface area contributed by atoms with E-state index in [9.17, 15) is 9.59 Å². The highest BCUT2D eigenvalue weighted by molar-refractivity contribution is 7.99. The van der Waals surface area contributed by atoms with Crippen molar-refractivity contribution in [2.75, 3.05) is 18.4 Å². The van der Waals surface area contributed by atoms with Crippen molar-refractivity contribution in [3.8, 4) is 0 Å². The quantitative estimate of drug-likeness (QED) is 0.561. The SMILES string of the molecule is O=C(O)CC(=O)NC1CCN(Cc2ccc3c(c2)Nc2nccnc2S3)CC1. The highest BCUT2D eigenvalue weighted by Crippen LogP contribution is 2.42. The predicted octanol–water partition coefficient (Wildman–Crippen LogP) is 2.24. The van der Waals surface area contributed by atoms with Crippen molar-refractivity contribution >= 4 is 35.1 Å². The highest BCUT2D eigenvalue weighted by atomic mass is 32.2. The molecule has 4 rings (SSSR count). The lowest BCUT2D eigenvalue weighted by Gasteiger charge is -2.32. The van der Waals surface area contributed by atoms with Crippen LogP contribution < -0.4 is 10.6 Å². The second kappa shape index (κ2) is 8.15. The third-order valence-corrected chi connectivity index (χ3v) is 5.91. The van der Waals surface area contributed by atoms with E-state index in [1.807, 2.05) is 0 Å². The Hall–Kier alpha value is -2.65. The number of rotatable bonds is 5. The summed E-state index contributed by atoms with van der Waals surface area (Å²) in [4.78, 5) is 34.4. The smallest absolute Gasteiger partial charge is 0.312 e. The van der Waals surface area contributed by atoms with Crippen LogP contribution in [0.4, 0.5) is 11.5 Å². The first-order valence-electron chi connectivity index (χ1n) is 9.19. The lowest BCUT2D eigenvalue weighted by atomic mass is 10.0. The summed E-state index contributed by atoms with van der Waals surface area (Å²) in [6.45, 7) is 2.57. The molecule has 1 aromatic carbocycles. The van der Waals surface area contributed by atoms with Gasteiger partial charge in [-0.3, -0.25) is 14.5 Å². The van der Waals surface area contributed by atoms with Gasteiger partial charge < -0.3 is 15.7 Å². The number of nitrogens with one attached hydrogen (secondary N) is 2. The van der Waals surface area contributed by atoms with Crippen LogP contribution in [0.3, 0.4) is 0 Å². The van der Waals surface area contributed by atoms with Gasteiger partial charge in [0.05, 0.1) is 5.69 Å². The molecule has 1 saturated heterocycles. The number of piperidine rings is 1. The van der Waals surface area contributed by atoms with Crippen LogP contribution in [0.15, 0.2) is 40.5 Å². The molecule has 0 unspecified atom stereocenters. The number of carbonyl (C=O) groups is 2. The Balaban J connectivity index is 1.32. The number of anilines is 2. The van der Waals surface area contributed by atoms with Crippen LogP contribution in [0.2, 0.25) is 0 Å². The van der Waals surface area contributed by atoms with E-state index in [4.69, 9.17) is 5.11 Å². The Kier molecular flexibility index (Phi) is 5.45. The van der Waals surface area contributed by atoms with E-state index in [0.29, 0.717) is 0 Å². The molecule has 3 N–H and O–H groups in total. The number of amides is 1. The number of nitrogens with zero attached hydrogens (tertiary/aromatic N) is 3. The van der Waals surface area contributed by atoms with E-state index in [-0.39, 0.29) is 6.04 Å². The molecule has 0 atom stereocenters. The van der Waals surface area contributed by atoms with Crippen molar-refractivity contribution < 1.29 is 14.7 Å². The molecule has 0 spiro atoms. The predicted molar refractivity (Wildman–Crippen MR) is 105 cm³/mol. The zero-order chi connectivity index (χ0) is 19.5. The standard InChI is InChI=1S/C19H21N5O3S/c25-16(10-17(26)27)22-13-3-7-24(8-4-13)11-12-1-2-15-14(9-12)23-18-19(28-15)21-6-5-20-18/h1-2,5-6,9,13H,3-4,7-8,10-11H2,(H,20,23)(H,22,25)(H,26,27). The number of carboxylic acid groups (broad SMARTS) is 1. The summed E-state index contributed by atoms with van der Waals surface area (Å²) in [6.07, 6.45) is 4.57. The van der Waals surface area contributed by atoms with Gasteiger partial charge in [0.2, 0.25) is 5.91 Å². The highest BCUT2D eigenvalue weighted by Gasteiger charge is 2.22. The maximum atomic E-state index is 11.6. The van der Waals surface area contributed by atoms with Crippen molar-refractivity contribution in [2.24, 2.45) is 0 Å². The zero-order valence-electron chi connectivity index (χ0n) is 15.2. The van der Waals surface area contributed by atoms with Gasteiger partial charge in [0.1, 0.15) is 11.4 Å². The average molecular weight is 399 g/mol. The van der Waals surface area contributed by atoms with Crippen LogP contribution >= 0.6 is 11.8 Å². The molecular formula is C19H21N5O3S. The van der Waals surface area contributed by atoms with Gasteiger partial charge in [-0.05, 0) is 30.5 Å². The molecule has 146 valence electrons. The number of carbonyl (C=O) groups excluding carboxylic acids is 1. The lowest BCUT2D eigenvalue weighted by molar-refractivity contribution is -0.140. The van der Waals surface area contributed by atoms with Crippen molar-refractivity contribution in [2.45, 2.75) is 41.8 Å². The van der Waals surface area contributed by atoms with Crippen LogP contribution in [-0.2, 0) is 16.1 Å². The van der Waals surface area contributed by atoms with Gasteiger partial charge >= 0.3 is 5.97 Å². The van der Waals surface area contributed by atoms with Crippen molar-refractivity contribution in [1.82, 2.24) is 20.2 Å². The maximum absolute atomic E-state index is 11.6. The Morgan fingerprint density at radius 2 is 2.04 bits per heavy atom. The molecule has 2 aliphatic rings. The van der Waals surface area contributed by atoms with E-state index >= 15 is 0 Å². The fraction of sp³-hybridized carbons (Fsp3) is 0.368. The summed E-state index contributed by atoms with van der Waals surface area (Å²) in [5.41, 5.74) is 2.26. The van der Waals surface area contributed by atoms with E-state index < -0.39 is 18.3 Å². The first-order valence-corrected chi connectivity index (χ1v) is 10.0. The normalized spacial score (nSPS) is 16.6.